The van der Waals surface area contributed by atoms with Gasteiger partial charge in [0.05, 0.1) is 91.0 Å². The van der Waals surface area contributed by atoms with Crippen LogP contribution in [0.15, 0.2) is 278 Å². The number of guanidine groups is 5. The number of carbonyl (C=O) groups excluding carboxylic acids is 4. The second-order valence-electron chi connectivity index (χ2n) is 34.6. The van der Waals surface area contributed by atoms with E-state index in [1.54, 1.807) is 109 Å². The van der Waals surface area contributed by atoms with Gasteiger partial charge in [-0.2, -0.15) is 20.8 Å². The molecular formula is C109H107FN20O7S3. The maximum absolute atomic E-state index is 14.0. The molecule has 0 aliphatic carbocycles. The highest BCUT2D eigenvalue weighted by Gasteiger charge is 2.51. The molecule has 10 N–H and O–H groups in total. The summed E-state index contributed by atoms with van der Waals surface area (Å²) >= 11 is 4.62. The average molecular weight is 1920 g/mol. The molecule has 0 radical (unpaired) electrons. The maximum Gasteiger partial charge on any atom is 0.239 e. The van der Waals surface area contributed by atoms with E-state index in [1.165, 1.54) is 43.1 Å². The number of allylic oxidation sites excluding steroid dienone is 1. The summed E-state index contributed by atoms with van der Waals surface area (Å²) in [6, 6.07) is 74.4. The number of nitrogens with two attached hydrogens (primary N) is 5. The largest absolute Gasteiger partial charge is 0.497 e. The fourth-order valence-electron chi connectivity index (χ4n) is 17.3. The quantitative estimate of drug-likeness (QED) is 0.0469. The van der Waals surface area contributed by atoms with Crippen molar-refractivity contribution in [1.29, 1.82) is 15.8 Å². The number of amides is 4. The minimum atomic E-state index is -0.962. The Morgan fingerprint density at radius 1 is 0.407 bits per heavy atom. The molecule has 0 saturated heterocycles. The Bertz CT molecular complexity index is 6960. The molecule has 12 aromatic rings. The number of methoxy groups -OCH3 is 3. The number of pyridine rings is 1. The standard InChI is InChI=1S/C25H23N5OS.C24H21FN4O2S.2C22H23N3O2.C16H17N5S/c1-25(22-14-20(16-32-22)19-7-3-6-18(13-19)15-26)21(23(31)30(2)24(27)29-25)8-4-5-17-9-11-28-12-10-17;1-24(20-11-17(13-32-20)16-8-14(12-26)9-18(25)10-16)21(22(30)29(2)23(27)28-24)15-4-6-19(31-3)7-5-15;2*1-5-8-19-20(26)25(3)21(23)24-22(19,2)17-11-6-9-15(13-17)16-10-7-12-18(14-16)27-4;1-16(19-15(18)20(2)21(16)3)14-8-13(10-22-14)12-6-4-5-11(7-12)9-17/h3-7,9-14,16,21H,8H2,1-2H3,(H2,27,29);4-11,13,21H,1-3H3,(H2,27,28);2*1,6-7,9-14,19H,8H2,2-4H3,(H2,23,24);4-8,10H,1-3H3,(H2,18,19)/b5-4+;;;;/t21?,25-;21?,24-;19-,22+;19-,22-;/m0101./s1. The number of hydrogen-bond acceptors (Lipinski definition) is 26. The Kier molecular flexibility index (Phi) is 31.0. The van der Waals surface area contributed by atoms with Crippen molar-refractivity contribution in [3.05, 3.63) is 312 Å². The summed E-state index contributed by atoms with van der Waals surface area (Å²) in [5.41, 5.74) is 40.9. The van der Waals surface area contributed by atoms with Gasteiger partial charge >= 0.3 is 0 Å². The Morgan fingerprint density at radius 3 is 1.24 bits per heavy atom. The van der Waals surface area contributed by atoms with Crippen LogP contribution < -0.4 is 42.9 Å². The normalized spacial score (nSPS) is 21.4. The van der Waals surface area contributed by atoms with Crippen molar-refractivity contribution < 1.29 is 37.8 Å². The van der Waals surface area contributed by atoms with Crippen molar-refractivity contribution in [2.45, 2.75) is 87.6 Å². The number of halogens is 1. The number of hydrogen-bond donors (Lipinski definition) is 5. The zero-order valence-corrected chi connectivity index (χ0v) is 82.4. The SMILES string of the molecule is C#CC[C@@H]1C(=O)N(C)C(N)=N[C@]1(C)c1cccc(-c2cccc(OC)c2)c1.C#CC[C@H]1C(=O)N(C)C(N)=N[C@]1(C)c1cccc(-c2cccc(OC)c2)c1.CN1C(=O)C(C/C=C/c2ccncc2)[C@@](C)(c2cc(-c3cccc(C#N)c3)cs2)N=C1N.CN1C(N)=NC(C)(c2cc(-c3cccc(C#N)c3)cs2)N1C.COc1ccc(C2C(=O)N(C)C(N)=N[C@]2(C)c2cc(-c3cc(F)cc(C#N)c3)cs2)cc1. The minimum Gasteiger partial charge on any atom is -0.497 e. The number of hydrazine groups is 1. The van der Waals surface area contributed by atoms with E-state index in [0.717, 1.165) is 98.5 Å². The van der Waals surface area contributed by atoms with Gasteiger partial charge in [0.2, 0.25) is 29.6 Å². The molecule has 0 fully saturated rings. The van der Waals surface area contributed by atoms with Gasteiger partial charge < -0.3 is 42.9 Å². The van der Waals surface area contributed by atoms with Crippen LogP contribution in [0.1, 0.15) is 113 Å². The maximum atomic E-state index is 14.0. The second-order valence-corrected chi connectivity index (χ2v) is 37.4. The Morgan fingerprint density at radius 2 is 0.793 bits per heavy atom. The number of thiophene rings is 3. The van der Waals surface area contributed by atoms with E-state index in [-0.39, 0.29) is 53.0 Å². The third kappa shape index (κ3) is 21.1. The third-order valence-electron chi connectivity index (χ3n) is 26.0. The Labute approximate surface area is 827 Å². The van der Waals surface area contributed by atoms with Gasteiger partial charge in [-0.3, -0.25) is 48.8 Å². The van der Waals surface area contributed by atoms with Crippen LogP contribution in [0.3, 0.4) is 0 Å². The van der Waals surface area contributed by atoms with Crippen LogP contribution in [-0.4, -0.2) is 152 Å². The summed E-state index contributed by atoms with van der Waals surface area (Å²) < 4.78 is 29.9. The van der Waals surface area contributed by atoms with Crippen LogP contribution >= 0.6 is 34.0 Å². The molecule has 0 saturated carbocycles. The highest BCUT2D eigenvalue weighted by molar-refractivity contribution is 7.11. The first-order valence-corrected chi connectivity index (χ1v) is 47.0. The lowest BCUT2D eigenvalue weighted by Gasteiger charge is -2.40. The topological polar surface area (TPSA) is 392 Å². The van der Waals surface area contributed by atoms with Gasteiger partial charge in [0.1, 0.15) is 34.1 Å². The lowest BCUT2D eigenvalue weighted by molar-refractivity contribution is -0.134. The smallest absolute Gasteiger partial charge is 0.239 e. The highest BCUT2D eigenvalue weighted by atomic mass is 32.1. The summed E-state index contributed by atoms with van der Waals surface area (Å²) in [5, 5.41) is 37.3. The van der Waals surface area contributed by atoms with Crippen molar-refractivity contribution in [1.82, 2.24) is 34.6 Å². The fraction of sp³-hybridized carbons (Fsp3) is 0.239. The van der Waals surface area contributed by atoms with Gasteiger partial charge in [-0.1, -0.05) is 109 Å². The number of nitrogens with zero attached hydrogens (tertiary/aromatic N) is 15. The predicted octanol–water partition coefficient (Wildman–Crippen LogP) is 17.2. The molecule has 8 aromatic carbocycles. The molecule has 0 spiro atoms. The molecule has 140 heavy (non-hydrogen) atoms. The molecular weight excluding hydrogens is 1820 g/mol. The van der Waals surface area contributed by atoms with E-state index in [1.807, 2.05) is 258 Å². The molecule has 27 nitrogen and oxygen atoms in total. The van der Waals surface area contributed by atoms with E-state index < -0.39 is 57.3 Å². The van der Waals surface area contributed by atoms with Crippen LogP contribution in [0.4, 0.5) is 4.39 Å². The molecule has 5 aliphatic rings. The Balaban J connectivity index is 0.000000148. The number of nitriles is 3. The predicted molar refractivity (Wildman–Crippen MR) is 553 cm³/mol. The van der Waals surface area contributed by atoms with E-state index >= 15 is 0 Å². The molecule has 4 aromatic heterocycles. The number of rotatable bonds is 19. The van der Waals surface area contributed by atoms with E-state index in [0.29, 0.717) is 47.7 Å². The van der Waals surface area contributed by atoms with Crippen molar-refractivity contribution in [2.75, 3.05) is 63.6 Å². The summed E-state index contributed by atoms with van der Waals surface area (Å²) in [7, 11) is 15.2. The van der Waals surface area contributed by atoms with Crippen molar-refractivity contribution in [3.63, 3.8) is 0 Å². The molecule has 4 amide bonds. The van der Waals surface area contributed by atoms with Gasteiger partial charge in [-0.05, 0) is 256 Å². The van der Waals surface area contributed by atoms with E-state index in [9.17, 15) is 28.8 Å². The molecule has 31 heteroatoms. The molecule has 0 bridgehead atoms. The fourth-order valence-corrected chi connectivity index (χ4v) is 20.5. The Hall–Kier alpha value is -16.3. The number of carbonyl (C=O) groups is 4. The number of terminal acetylenes is 2. The van der Waals surface area contributed by atoms with Crippen LogP contribution in [-0.2, 0) is 47.0 Å². The van der Waals surface area contributed by atoms with Gasteiger partial charge in [0.25, 0.3) is 0 Å². The monoisotopic (exact) mass is 1920 g/mol. The van der Waals surface area contributed by atoms with Gasteiger partial charge in [0, 0.05) is 82.2 Å². The van der Waals surface area contributed by atoms with Gasteiger partial charge in [0.15, 0.2) is 29.5 Å². The second kappa shape index (κ2) is 42.9. The zero-order chi connectivity index (χ0) is 101. The van der Waals surface area contributed by atoms with Gasteiger partial charge in [-0.25, -0.2) is 29.4 Å². The summed E-state index contributed by atoms with van der Waals surface area (Å²) in [6.45, 7) is 9.72. The lowest BCUT2D eigenvalue weighted by Crippen LogP contribution is -2.53. The van der Waals surface area contributed by atoms with Crippen LogP contribution in [0, 0.1) is 82.3 Å². The third-order valence-corrected chi connectivity index (χ3v) is 29.5. The first kappa shape index (κ1) is 101. The molecule has 9 heterocycles. The van der Waals surface area contributed by atoms with E-state index in [4.69, 9.17) is 76.2 Å². The number of aliphatic imine (C=N–C) groups is 5. The number of benzene rings is 8. The van der Waals surface area contributed by atoms with E-state index in [2.05, 4.69) is 61.5 Å². The zero-order valence-electron chi connectivity index (χ0n) is 80.0. The van der Waals surface area contributed by atoms with Gasteiger partial charge in [-0.15, -0.1) is 58.7 Å². The highest BCUT2D eigenvalue weighted by Crippen LogP contribution is 2.50. The summed E-state index contributed by atoms with van der Waals surface area (Å²) in [4.78, 5) is 88.0. The molecule has 710 valence electrons. The first-order chi connectivity index (χ1) is 66.9. The van der Waals surface area contributed by atoms with Crippen LogP contribution in [0.25, 0.3) is 61.7 Å². The summed E-state index contributed by atoms with van der Waals surface area (Å²) in [6.07, 6.45) is 19.7. The van der Waals surface area contributed by atoms with Crippen molar-refractivity contribution in [3.8, 4) is 116 Å². The number of likely N-dealkylation sites (N-methyl/N-ethyl adjacent to an activating group) is 1. The average Bonchev–Trinajstić information content (AvgIpc) is 1.06. The molecule has 17 rings (SSSR count). The first-order valence-electron chi connectivity index (χ1n) is 44.4. The summed E-state index contributed by atoms with van der Waals surface area (Å²) in [5.74, 6) is 5.85. The van der Waals surface area contributed by atoms with Crippen LogP contribution in [0.5, 0.6) is 17.2 Å². The van der Waals surface area contributed by atoms with Crippen molar-refractivity contribution >= 4 is 93.5 Å². The van der Waals surface area contributed by atoms with Crippen molar-refractivity contribution in [2.24, 2.45) is 71.4 Å². The minimum absolute atomic E-state index is 0.0548. The molecule has 5 aliphatic heterocycles. The van der Waals surface area contributed by atoms with Crippen LogP contribution in [0.2, 0.25) is 0 Å². The molecule has 3 unspecified atom stereocenters. The number of aromatic nitrogens is 1. The number of ether oxygens (including phenoxy) is 3. The molecule has 9 atom stereocenters. The lowest BCUT2D eigenvalue weighted by atomic mass is 9.76.